The largest absolute Gasteiger partial charge is 0.477 e. The molecule has 2 N–H and O–H groups in total. The average Bonchev–Trinajstić information content (AvgIpc) is 2.61. The van der Waals surface area contributed by atoms with Crippen molar-refractivity contribution in [3.8, 4) is 0 Å². The molecule has 3 rings (SSSR count). The molecule has 0 saturated heterocycles. The van der Waals surface area contributed by atoms with Gasteiger partial charge < -0.3 is 10.4 Å². The van der Waals surface area contributed by atoms with Crippen LogP contribution in [0.2, 0.25) is 0 Å². The van der Waals surface area contributed by atoms with Gasteiger partial charge in [-0.1, -0.05) is 0 Å². The monoisotopic (exact) mass is 356 g/mol. The zero-order valence-electron chi connectivity index (χ0n) is 13.9. The van der Waals surface area contributed by atoms with Crippen molar-refractivity contribution in [3.05, 3.63) is 68.5 Å². The number of aromatic carboxylic acids is 1. The number of anilines is 1. The zero-order chi connectivity index (χ0) is 18.8. The van der Waals surface area contributed by atoms with Gasteiger partial charge in [0.2, 0.25) is 0 Å². The summed E-state index contributed by atoms with van der Waals surface area (Å²) in [5, 5.41) is 22.8. The molecule has 1 aliphatic heterocycles. The maximum absolute atomic E-state index is 12.4. The van der Waals surface area contributed by atoms with Gasteiger partial charge in [0.25, 0.3) is 11.2 Å². The molecule has 0 radical (unpaired) electrons. The van der Waals surface area contributed by atoms with Crippen molar-refractivity contribution in [2.24, 2.45) is 0 Å². The number of rotatable bonds is 4. The van der Waals surface area contributed by atoms with Crippen LogP contribution in [0.3, 0.4) is 0 Å². The molecule has 9 heteroatoms. The minimum absolute atomic E-state index is 0.00513. The predicted molar refractivity (Wildman–Crippen MR) is 94.1 cm³/mol. The Morgan fingerprint density at radius 2 is 2.12 bits per heavy atom. The van der Waals surface area contributed by atoms with Crippen molar-refractivity contribution < 1.29 is 14.8 Å². The lowest BCUT2D eigenvalue weighted by Gasteiger charge is -2.26. The van der Waals surface area contributed by atoms with Crippen molar-refractivity contribution in [1.82, 2.24) is 9.55 Å². The molecular weight excluding hydrogens is 340 g/mol. The van der Waals surface area contributed by atoms with Crippen LogP contribution in [0.5, 0.6) is 0 Å². The van der Waals surface area contributed by atoms with Gasteiger partial charge in [-0.3, -0.25) is 19.5 Å². The van der Waals surface area contributed by atoms with Crippen LogP contribution in [0.4, 0.5) is 11.4 Å². The number of nitro groups is 1. The van der Waals surface area contributed by atoms with Gasteiger partial charge in [0, 0.05) is 41.8 Å². The number of aromatic nitrogens is 2. The molecule has 0 fully saturated rings. The van der Waals surface area contributed by atoms with Gasteiger partial charge in [0.05, 0.1) is 4.92 Å². The molecule has 9 nitrogen and oxygen atoms in total. The maximum atomic E-state index is 12.4. The molecule has 1 atom stereocenters. The summed E-state index contributed by atoms with van der Waals surface area (Å²) in [7, 11) is 0. The molecule has 1 unspecified atom stereocenters. The van der Waals surface area contributed by atoms with Crippen LogP contribution < -0.4 is 10.9 Å². The molecule has 1 aromatic carbocycles. The highest BCUT2D eigenvalue weighted by Crippen LogP contribution is 2.30. The summed E-state index contributed by atoms with van der Waals surface area (Å²) in [6.45, 7) is 1.85. The summed E-state index contributed by atoms with van der Waals surface area (Å²) in [5.41, 5.74) is 0.476. The number of carboxylic acids is 1. The van der Waals surface area contributed by atoms with Crippen LogP contribution in [0.1, 0.15) is 42.0 Å². The third-order valence-electron chi connectivity index (χ3n) is 4.27. The molecular formula is C17H16N4O5. The van der Waals surface area contributed by atoms with Crippen molar-refractivity contribution in [3.63, 3.8) is 0 Å². The molecule has 0 amide bonds. The first-order chi connectivity index (χ1) is 12.4. The van der Waals surface area contributed by atoms with Crippen molar-refractivity contribution in [1.29, 1.82) is 0 Å². The van der Waals surface area contributed by atoms with E-state index in [0.29, 0.717) is 24.4 Å². The first kappa shape index (κ1) is 17.3. The topological polar surface area (TPSA) is 127 Å². The number of carbonyl (C=O) groups is 1. The summed E-state index contributed by atoms with van der Waals surface area (Å²) in [4.78, 5) is 37.9. The molecule has 1 aromatic heterocycles. The van der Waals surface area contributed by atoms with Crippen LogP contribution in [0.25, 0.3) is 5.57 Å². The second-order valence-corrected chi connectivity index (χ2v) is 5.98. The van der Waals surface area contributed by atoms with Crippen molar-refractivity contribution in [2.45, 2.75) is 25.8 Å². The second-order valence-electron chi connectivity index (χ2n) is 5.98. The number of nitro benzene ring substituents is 1. The minimum Gasteiger partial charge on any atom is -0.477 e. The van der Waals surface area contributed by atoms with Gasteiger partial charge in [-0.15, -0.1) is 0 Å². The summed E-state index contributed by atoms with van der Waals surface area (Å²) in [5.74, 6) is -0.877. The molecule has 2 aromatic rings. The maximum Gasteiger partial charge on any atom is 0.342 e. The quantitative estimate of drug-likeness (QED) is 0.636. The lowest BCUT2D eigenvalue weighted by Crippen LogP contribution is -2.34. The van der Waals surface area contributed by atoms with E-state index in [1.54, 1.807) is 18.3 Å². The Bertz CT molecular complexity index is 962. The molecule has 0 aliphatic carbocycles. The van der Waals surface area contributed by atoms with E-state index >= 15 is 0 Å². The molecule has 0 spiro atoms. The first-order valence-corrected chi connectivity index (χ1v) is 7.93. The molecule has 134 valence electrons. The Hall–Kier alpha value is -3.49. The smallest absolute Gasteiger partial charge is 0.342 e. The second kappa shape index (κ2) is 6.79. The number of fused-ring (bicyclic) bond motifs is 1. The molecule has 1 aliphatic rings. The van der Waals surface area contributed by atoms with Crippen LogP contribution >= 0.6 is 0 Å². The van der Waals surface area contributed by atoms with E-state index in [4.69, 9.17) is 5.11 Å². The van der Waals surface area contributed by atoms with E-state index in [-0.39, 0.29) is 17.3 Å². The fourth-order valence-corrected chi connectivity index (χ4v) is 2.85. The number of allylic oxidation sites excluding steroid dienone is 1. The Morgan fingerprint density at radius 1 is 1.42 bits per heavy atom. The number of carboxylic acid groups (broad SMARTS) is 1. The van der Waals surface area contributed by atoms with Gasteiger partial charge in [0.15, 0.2) is 0 Å². The van der Waals surface area contributed by atoms with E-state index < -0.39 is 16.5 Å². The highest BCUT2D eigenvalue weighted by molar-refractivity contribution is 5.87. The van der Waals surface area contributed by atoms with E-state index in [0.717, 1.165) is 11.8 Å². The van der Waals surface area contributed by atoms with Crippen LogP contribution in [0, 0.1) is 10.1 Å². The molecule has 2 heterocycles. The SMILES string of the molecule is CC1CCC(=CNc2ccc([N+](=O)[O-])cc2)c2ncc(C(=O)O)c(=O)n21. The highest BCUT2D eigenvalue weighted by Gasteiger charge is 2.25. The fourth-order valence-electron chi connectivity index (χ4n) is 2.85. The first-order valence-electron chi connectivity index (χ1n) is 7.93. The summed E-state index contributed by atoms with van der Waals surface area (Å²) in [6, 6.07) is 5.78. The summed E-state index contributed by atoms with van der Waals surface area (Å²) in [6.07, 6.45) is 4.10. The predicted octanol–water partition coefficient (Wildman–Crippen LogP) is 2.66. The summed E-state index contributed by atoms with van der Waals surface area (Å²) >= 11 is 0. The van der Waals surface area contributed by atoms with Crippen molar-refractivity contribution in [2.75, 3.05) is 5.32 Å². The van der Waals surface area contributed by atoms with Gasteiger partial charge in [0.1, 0.15) is 11.4 Å². The van der Waals surface area contributed by atoms with Crippen LogP contribution in [-0.4, -0.2) is 25.6 Å². The van der Waals surface area contributed by atoms with Gasteiger partial charge >= 0.3 is 5.97 Å². The zero-order valence-corrected chi connectivity index (χ0v) is 13.9. The Balaban J connectivity index is 1.93. The number of hydrogen-bond donors (Lipinski definition) is 2. The highest BCUT2D eigenvalue weighted by atomic mass is 16.6. The van der Waals surface area contributed by atoms with Gasteiger partial charge in [-0.25, -0.2) is 9.78 Å². The Morgan fingerprint density at radius 3 is 2.73 bits per heavy atom. The number of benzene rings is 1. The lowest BCUT2D eigenvalue weighted by atomic mass is 10.0. The Kier molecular flexibility index (Phi) is 4.53. The normalized spacial score (nSPS) is 17.6. The van der Waals surface area contributed by atoms with E-state index in [1.807, 2.05) is 6.92 Å². The minimum atomic E-state index is -1.30. The standard InChI is InChI=1S/C17H16N4O5/c1-10-2-3-11(8-18-12-4-6-13(7-5-12)21(25)26)15-19-9-14(17(23)24)16(22)20(10)15/h4-10,18H,2-3H2,1H3,(H,23,24). The third kappa shape index (κ3) is 3.18. The van der Waals surface area contributed by atoms with Gasteiger partial charge in [-0.2, -0.15) is 0 Å². The van der Waals surface area contributed by atoms with Crippen LogP contribution in [0.15, 0.2) is 41.5 Å². The van der Waals surface area contributed by atoms with E-state index in [2.05, 4.69) is 10.3 Å². The van der Waals surface area contributed by atoms with Gasteiger partial charge in [-0.05, 0) is 31.9 Å². The van der Waals surface area contributed by atoms with Crippen LogP contribution in [-0.2, 0) is 0 Å². The average molecular weight is 356 g/mol. The van der Waals surface area contributed by atoms with E-state index in [9.17, 15) is 19.7 Å². The molecule has 0 bridgehead atoms. The molecule has 26 heavy (non-hydrogen) atoms. The van der Waals surface area contributed by atoms with E-state index in [1.165, 1.54) is 16.7 Å². The molecule has 0 saturated carbocycles. The number of nitrogens with zero attached hydrogens (tertiary/aromatic N) is 3. The summed E-state index contributed by atoms with van der Waals surface area (Å²) < 4.78 is 1.40. The number of non-ortho nitro benzene ring substituents is 1. The number of hydrogen-bond acceptors (Lipinski definition) is 6. The van der Waals surface area contributed by atoms with Crippen molar-refractivity contribution >= 4 is 22.9 Å². The Labute approximate surface area is 147 Å². The number of nitrogens with one attached hydrogen (secondary N) is 1. The third-order valence-corrected chi connectivity index (χ3v) is 4.27. The fraction of sp³-hybridized carbons (Fsp3) is 0.235. The lowest BCUT2D eigenvalue weighted by molar-refractivity contribution is -0.384.